The van der Waals surface area contributed by atoms with Crippen LogP contribution in [0.4, 0.5) is 0 Å². The molecular formula is C31H53NO3. The monoisotopic (exact) mass is 487 g/mol. The van der Waals surface area contributed by atoms with Crippen LogP contribution in [0.5, 0.6) is 0 Å². The number of hydrogen-bond donors (Lipinski definition) is 1. The number of ketones is 1. The summed E-state index contributed by atoms with van der Waals surface area (Å²) in [5.74, 6) is 4.26. The normalized spacial score (nSPS) is 40.7. The van der Waals surface area contributed by atoms with Gasteiger partial charge in [0, 0.05) is 32.9 Å². The average molecular weight is 488 g/mol. The van der Waals surface area contributed by atoms with Crippen molar-refractivity contribution in [1.82, 2.24) is 4.90 Å². The maximum atomic E-state index is 12.4. The van der Waals surface area contributed by atoms with Crippen LogP contribution in [-0.4, -0.2) is 41.4 Å². The van der Waals surface area contributed by atoms with Crippen molar-refractivity contribution in [3.63, 3.8) is 0 Å². The average Bonchev–Trinajstić information content (AvgIpc) is 3.13. The Labute approximate surface area is 215 Å². The van der Waals surface area contributed by atoms with Gasteiger partial charge in [-0.2, -0.15) is 0 Å². The smallest absolute Gasteiger partial charge is 0.222 e. The third-order valence-corrected chi connectivity index (χ3v) is 11.6. The molecule has 0 spiro atoms. The fourth-order valence-electron chi connectivity index (χ4n) is 9.35. The standard InChI is InChI=1S/C31H53NO3/c1-5-19-32(4)28(35)12-10-8-6-7-9-11-22-20-23-21-24(33)15-17-30(23,2)26-16-18-31(3)25(29(22)26)13-14-27(31)34/h22-23,25-27,29,34H,5-21H2,1-4H3/t22?,23-,25-,26-,27-,29-,30-,31-/m0/s1. The minimum Gasteiger partial charge on any atom is -0.393 e. The highest BCUT2D eigenvalue weighted by molar-refractivity contribution is 5.79. The molecule has 4 aliphatic carbocycles. The molecule has 4 saturated carbocycles. The number of nitrogens with zero attached hydrogens (tertiary/aromatic N) is 1. The van der Waals surface area contributed by atoms with Crippen LogP contribution in [0.1, 0.15) is 124 Å². The first-order valence-electron chi connectivity index (χ1n) is 15.1. The summed E-state index contributed by atoms with van der Waals surface area (Å²) >= 11 is 0. The molecular weight excluding hydrogens is 434 g/mol. The van der Waals surface area contributed by atoms with E-state index in [1.807, 2.05) is 11.9 Å². The van der Waals surface area contributed by atoms with Gasteiger partial charge in [-0.1, -0.05) is 52.9 Å². The highest BCUT2D eigenvalue weighted by Crippen LogP contribution is 2.67. The van der Waals surface area contributed by atoms with Crippen LogP contribution in [0.2, 0.25) is 0 Å². The van der Waals surface area contributed by atoms with Gasteiger partial charge in [-0.05, 0) is 91.8 Å². The number of carbonyl (C=O) groups is 2. The summed E-state index contributed by atoms with van der Waals surface area (Å²) in [6.07, 6.45) is 17.4. The van der Waals surface area contributed by atoms with Crippen LogP contribution in [0.25, 0.3) is 0 Å². The lowest BCUT2D eigenvalue weighted by atomic mass is 9.42. The number of hydrogen-bond acceptors (Lipinski definition) is 3. The van der Waals surface area contributed by atoms with E-state index in [1.54, 1.807) is 0 Å². The van der Waals surface area contributed by atoms with Crippen molar-refractivity contribution in [2.75, 3.05) is 13.6 Å². The predicted molar refractivity (Wildman–Crippen MR) is 142 cm³/mol. The molecule has 4 heteroatoms. The number of amides is 1. The van der Waals surface area contributed by atoms with Gasteiger partial charge in [0.15, 0.2) is 0 Å². The lowest BCUT2D eigenvalue weighted by Crippen LogP contribution is -2.57. The first kappa shape index (κ1) is 27.1. The lowest BCUT2D eigenvalue weighted by Gasteiger charge is -2.62. The van der Waals surface area contributed by atoms with E-state index in [0.29, 0.717) is 35.4 Å². The fraction of sp³-hybridized carbons (Fsp3) is 0.935. The number of aliphatic hydroxyl groups is 1. The largest absolute Gasteiger partial charge is 0.393 e. The van der Waals surface area contributed by atoms with E-state index in [4.69, 9.17) is 0 Å². The van der Waals surface area contributed by atoms with Crippen LogP contribution in [-0.2, 0) is 9.59 Å². The van der Waals surface area contributed by atoms with Gasteiger partial charge >= 0.3 is 0 Å². The Balaban J connectivity index is 1.33. The van der Waals surface area contributed by atoms with Crippen LogP contribution in [0.15, 0.2) is 0 Å². The third kappa shape index (κ3) is 5.39. The first-order chi connectivity index (χ1) is 16.7. The zero-order valence-electron chi connectivity index (χ0n) is 23.2. The molecule has 1 amide bonds. The Bertz CT molecular complexity index is 752. The van der Waals surface area contributed by atoms with Crippen molar-refractivity contribution in [2.45, 2.75) is 130 Å². The zero-order chi connectivity index (χ0) is 25.2. The zero-order valence-corrected chi connectivity index (χ0v) is 23.2. The summed E-state index contributed by atoms with van der Waals surface area (Å²) in [5, 5.41) is 10.9. The van der Waals surface area contributed by atoms with Gasteiger partial charge in [-0.15, -0.1) is 0 Å². The molecule has 8 atom stereocenters. The fourth-order valence-corrected chi connectivity index (χ4v) is 9.35. The molecule has 0 aliphatic heterocycles. The quantitative estimate of drug-likeness (QED) is 0.345. The van der Waals surface area contributed by atoms with Gasteiger partial charge in [-0.3, -0.25) is 9.59 Å². The van der Waals surface area contributed by atoms with Crippen LogP contribution in [0, 0.1) is 40.4 Å². The molecule has 0 saturated heterocycles. The summed E-state index contributed by atoms with van der Waals surface area (Å²) in [4.78, 5) is 26.5. The number of Topliss-reactive ketones (excluding diaryl/α,β-unsaturated/α-hetero) is 1. The second-order valence-electron chi connectivity index (χ2n) is 13.5. The molecule has 0 aromatic heterocycles. The molecule has 4 rings (SSSR count). The second kappa shape index (κ2) is 11.2. The van der Waals surface area contributed by atoms with Crippen molar-refractivity contribution in [2.24, 2.45) is 40.4 Å². The van der Waals surface area contributed by atoms with Gasteiger partial charge in [0.2, 0.25) is 5.91 Å². The predicted octanol–water partition coefficient (Wildman–Crippen LogP) is 6.78. The Morgan fingerprint density at radius 2 is 1.71 bits per heavy atom. The van der Waals surface area contributed by atoms with Gasteiger partial charge in [0.05, 0.1) is 6.10 Å². The van der Waals surface area contributed by atoms with Gasteiger partial charge in [-0.25, -0.2) is 0 Å². The summed E-state index contributed by atoms with van der Waals surface area (Å²) in [6.45, 7) is 7.91. The van der Waals surface area contributed by atoms with Crippen LogP contribution in [0.3, 0.4) is 0 Å². The van der Waals surface area contributed by atoms with Crippen molar-refractivity contribution in [3.8, 4) is 0 Å². The molecule has 0 bridgehead atoms. The first-order valence-corrected chi connectivity index (χ1v) is 15.1. The number of rotatable bonds is 10. The SMILES string of the molecule is CCCN(C)C(=O)CCCCCCCC1C[C@H]2CC(=O)CC[C@]2(C)[C@H]2CC[C@]3(C)[C@@H](O)CC[C@H]3[C@H]12. The Morgan fingerprint density at radius 3 is 2.49 bits per heavy atom. The number of unbranched alkanes of at least 4 members (excludes halogenated alkanes) is 4. The van der Waals surface area contributed by atoms with E-state index in [1.165, 1.54) is 51.4 Å². The third-order valence-electron chi connectivity index (χ3n) is 11.6. The van der Waals surface area contributed by atoms with Crippen LogP contribution < -0.4 is 0 Å². The van der Waals surface area contributed by atoms with Gasteiger partial charge < -0.3 is 10.0 Å². The lowest BCUT2D eigenvalue weighted by molar-refractivity contribution is -0.156. The Hall–Kier alpha value is -0.900. The Morgan fingerprint density at radius 1 is 1.00 bits per heavy atom. The van der Waals surface area contributed by atoms with E-state index in [0.717, 1.165) is 69.2 Å². The molecule has 1 N–H and O–H groups in total. The van der Waals surface area contributed by atoms with Gasteiger partial charge in [0.1, 0.15) is 5.78 Å². The highest BCUT2D eigenvalue weighted by atomic mass is 16.3. The highest BCUT2D eigenvalue weighted by Gasteiger charge is 2.62. The molecule has 200 valence electrons. The van der Waals surface area contributed by atoms with Crippen molar-refractivity contribution >= 4 is 11.7 Å². The number of carbonyl (C=O) groups excluding carboxylic acids is 2. The van der Waals surface area contributed by atoms with Crippen molar-refractivity contribution < 1.29 is 14.7 Å². The minimum atomic E-state index is -0.119. The van der Waals surface area contributed by atoms with E-state index in [2.05, 4.69) is 20.8 Å². The van der Waals surface area contributed by atoms with E-state index >= 15 is 0 Å². The molecule has 4 fully saturated rings. The maximum Gasteiger partial charge on any atom is 0.222 e. The van der Waals surface area contributed by atoms with E-state index in [-0.39, 0.29) is 11.5 Å². The van der Waals surface area contributed by atoms with Gasteiger partial charge in [0.25, 0.3) is 0 Å². The number of aliphatic hydroxyl groups excluding tert-OH is 1. The van der Waals surface area contributed by atoms with Crippen LogP contribution >= 0.6 is 0 Å². The van der Waals surface area contributed by atoms with E-state index < -0.39 is 0 Å². The summed E-state index contributed by atoms with van der Waals surface area (Å²) in [5.41, 5.74) is 0.450. The van der Waals surface area contributed by atoms with Crippen molar-refractivity contribution in [3.05, 3.63) is 0 Å². The molecule has 0 aromatic carbocycles. The summed E-state index contributed by atoms with van der Waals surface area (Å²) in [7, 11) is 1.92. The number of fused-ring (bicyclic) bond motifs is 5. The summed E-state index contributed by atoms with van der Waals surface area (Å²) in [6, 6.07) is 0. The topological polar surface area (TPSA) is 57.6 Å². The molecule has 4 nitrogen and oxygen atoms in total. The molecule has 1 unspecified atom stereocenters. The minimum absolute atomic E-state index is 0.116. The van der Waals surface area contributed by atoms with E-state index in [9.17, 15) is 14.7 Å². The molecule has 0 heterocycles. The molecule has 0 aromatic rings. The Kier molecular flexibility index (Phi) is 8.71. The molecule has 0 radical (unpaired) electrons. The second-order valence-corrected chi connectivity index (χ2v) is 13.5. The maximum absolute atomic E-state index is 12.4. The van der Waals surface area contributed by atoms with Crippen molar-refractivity contribution in [1.29, 1.82) is 0 Å². The molecule has 4 aliphatic rings. The molecule has 35 heavy (non-hydrogen) atoms. The summed E-state index contributed by atoms with van der Waals surface area (Å²) < 4.78 is 0.